The largest absolute Gasteiger partial charge is 0.506 e. The molecule has 2 fully saturated rings. The third-order valence-electron chi connectivity index (χ3n) is 5.83. The molecule has 0 saturated carbocycles. The topological polar surface area (TPSA) is 159 Å². The minimum atomic E-state index is -4.37. The van der Waals surface area contributed by atoms with Gasteiger partial charge in [0.2, 0.25) is 10.0 Å². The Morgan fingerprint density at radius 1 is 1.32 bits per heavy atom. The molecule has 0 aliphatic carbocycles. The van der Waals surface area contributed by atoms with Crippen molar-refractivity contribution in [1.82, 2.24) is 19.0 Å². The van der Waals surface area contributed by atoms with Crippen LogP contribution < -0.4 is 9.03 Å². The number of aromatic hydroxyl groups is 1. The molecule has 12 nitrogen and oxygen atoms in total. The van der Waals surface area contributed by atoms with E-state index in [0.717, 1.165) is 12.5 Å². The Morgan fingerprint density at radius 3 is 2.79 bits per heavy atom. The van der Waals surface area contributed by atoms with Gasteiger partial charge in [-0.05, 0) is 18.9 Å². The maximum atomic E-state index is 15.4. The van der Waals surface area contributed by atoms with Crippen molar-refractivity contribution in [1.29, 1.82) is 0 Å². The van der Waals surface area contributed by atoms with Crippen molar-refractivity contribution in [2.45, 2.75) is 18.9 Å². The average molecular weight is 514 g/mol. The lowest BCUT2D eigenvalue weighted by molar-refractivity contribution is -0.117. The van der Waals surface area contributed by atoms with Crippen molar-refractivity contribution in [3.05, 3.63) is 30.0 Å². The molecule has 2 saturated heterocycles. The number of sulfonamides is 1. The number of nitrogens with one attached hydrogen (secondary N) is 1. The Morgan fingerprint density at radius 2 is 2.12 bits per heavy atom. The molecule has 0 radical (unpaired) electrons. The van der Waals surface area contributed by atoms with Crippen molar-refractivity contribution in [2.24, 2.45) is 0 Å². The van der Waals surface area contributed by atoms with E-state index in [1.54, 1.807) is 10.8 Å². The lowest BCUT2D eigenvalue weighted by atomic mass is 10.1. The summed E-state index contributed by atoms with van der Waals surface area (Å²) in [5, 5.41) is 10.4. The number of hydrogen-bond acceptors (Lipinski definition) is 9. The summed E-state index contributed by atoms with van der Waals surface area (Å²) in [5.41, 5.74) is -0.539. The van der Waals surface area contributed by atoms with Crippen LogP contribution in [0.5, 0.6) is 5.75 Å². The highest BCUT2D eigenvalue weighted by molar-refractivity contribution is 7.92. The van der Waals surface area contributed by atoms with Gasteiger partial charge in [0.1, 0.15) is 23.5 Å². The fraction of sp³-hybridized carbons (Fsp3) is 0.421. The van der Waals surface area contributed by atoms with E-state index in [4.69, 9.17) is 4.74 Å². The number of benzene rings is 1. The molecule has 4 heterocycles. The van der Waals surface area contributed by atoms with Crippen LogP contribution >= 0.6 is 0 Å². The number of rotatable bonds is 5. The number of ether oxygens (including phenoxy) is 1. The number of amides is 1. The zero-order valence-electron chi connectivity index (χ0n) is 17.6. The molecule has 34 heavy (non-hydrogen) atoms. The Balaban J connectivity index is 1.45. The van der Waals surface area contributed by atoms with Crippen LogP contribution in [0.1, 0.15) is 18.7 Å². The summed E-state index contributed by atoms with van der Waals surface area (Å²) in [6.45, 7) is -0.0550. The van der Waals surface area contributed by atoms with Crippen LogP contribution in [0.3, 0.4) is 0 Å². The number of hydrogen-bond donors (Lipinski definition) is 2. The van der Waals surface area contributed by atoms with Crippen LogP contribution in [0.15, 0.2) is 18.3 Å². The molecule has 1 atom stereocenters. The zero-order chi connectivity index (χ0) is 24.3. The number of halogens is 1. The Hall–Kier alpha value is -2.88. The molecule has 15 heteroatoms. The van der Waals surface area contributed by atoms with E-state index < -0.39 is 49.9 Å². The van der Waals surface area contributed by atoms with Gasteiger partial charge in [-0.3, -0.25) is 4.79 Å². The average Bonchev–Trinajstić information content (AvgIpc) is 3.49. The SMILES string of the molecule is O=C1CN(c2c(O)cc3cnc(C4=CCN(S(=O)(=O)CC5CCCO5)C4)nc3c2F)S(=O)(=O)N1. The molecule has 0 spiro atoms. The van der Waals surface area contributed by atoms with Gasteiger partial charge in [-0.25, -0.2) is 31.8 Å². The van der Waals surface area contributed by atoms with E-state index in [1.807, 2.05) is 0 Å². The van der Waals surface area contributed by atoms with Crippen LogP contribution in [0.25, 0.3) is 16.5 Å². The molecular weight excluding hydrogens is 493 g/mol. The molecule has 0 bridgehead atoms. The Labute approximate surface area is 194 Å². The number of phenols is 1. The second-order valence-corrected chi connectivity index (χ2v) is 11.8. The van der Waals surface area contributed by atoms with E-state index in [2.05, 4.69) is 9.97 Å². The van der Waals surface area contributed by atoms with Gasteiger partial charge >= 0.3 is 10.2 Å². The van der Waals surface area contributed by atoms with Gasteiger partial charge in [0.05, 0.1) is 11.9 Å². The summed E-state index contributed by atoms with van der Waals surface area (Å²) in [5.74, 6) is -2.78. The zero-order valence-corrected chi connectivity index (χ0v) is 19.3. The van der Waals surface area contributed by atoms with Gasteiger partial charge in [0, 0.05) is 36.9 Å². The predicted octanol–water partition coefficient (Wildman–Crippen LogP) is -0.137. The van der Waals surface area contributed by atoms with Crippen LogP contribution in [-0.2, 0) is 29.8 Å². The van der Waals surface area contributed by atoms with Gasteiger partial charge in [0.15, 0.2) is 11.6 Å². The smallest absolute Gasteiger partial charge is 0.326 e. The summed E-state index contributed by atoms with van der Waals surface area (Å²) in [6, 6.07) is 1.09. The number of phenolic OH excluding ortho intramolecular Hbond substituents is 1. The molecule has 182 valence electrons. The number of fused-ring (bicyclic) bond motifs is 1. The minimum absolute atomic E-state index is 0.00789. The first-order chi connectivity index (χ1) is 16.0. The maximum absolute atomic E-state index is 15.4. The van der Waals surface area contributed by atoms with Crippen LogP contribution in [0, 0.1) is 5.82 Å². The van der Waals surface area contributed by atoms with Crippen molar-refractivity contribution >= 4 is 48.3 Å². The van der Waals surface area contributed by atoms with Crippen molar-refractivity contribution in [2.75, 3.05) is 36.3 Å². The molecule has 1 amide bonds. The molecular formula is C19H20FN5O7S2. The highest BCUT2D eigenvalue weighted by atomic mass is 32.2. The third-order valence-corrected chi connectivity index (χ3v) is 9.06. The highest BCUT2D eigenvalue weighted by Gasteiger charge is 2.38. The van der Waals surface area contributed by atoms with Crippen molar-refractivity contribution in [3.8, 4) is 5.75 Å². The number of carbonyl (C=O) groups excluding carboxylic acids is 1. The summed E-state index contributed by atoms with van der Waals surface area (Å²) in [4.78, 5) is 19.9. The Kier molecular flexibility index (Phi) is 5.46. The maximum Gasteiger partial charge on any atom is 0.326 e. The molecule has 2 N–H and O–H groups in total. The van der Waals surface area contributed by atoms with E-state index in [0.29, 0.717) is 22.9 Å². The molecule has 1 aromatic heterocycles. The minimum Gasteiger partial charge on any atom is -0.506 e. The number of nitrogens with zero attached hydrogens (tertiary/aromatic N) is 4. The van der Waals surface area contributed by atoms with Crippen LogP contribution in [0.2, 0.25) is 0 Å². The number of carbonyl (C=O) groups is 1. The summed E-state index contributed by atoms with van der Waals surface area (Å²) >= 11 is 0. The van der Waals surface area contributed by atoms with Crippen molar-refractivity contribution in [3.63, 3.8) is 0 Å². The first-order valence-corrected chi connectivity index (χ1v) is 13.4. The number of anilines is 1. The quantitative estimate of drug-likeness (QED) is 0.555. The lowest BCUT2D eigenvalue weighted by Crippen LogP contribution is -2.35. The van der Waals surface area contributed by atoms with Crippen LogP contribution in [-0.4, -0.2) is 80.2 Å². The summed E-state index contributed by atoms with van der Waals surface area (Å²) in [6.07, 6.45) is 4.04. The number of aromatic nitrogens is 2. The molecule has 5 rings (SSSR count). The van der Waals surface area contributed by atoms with Gasteiger partial charge < -0.3 is 9.84 Å². The molecule has 2 aromatic rings. The highest BCUT2D eigenvalue weighted by Crippen LogP contribution is 2.38. The van der Waals surface area contributed by atoms with Gasteiger partial charge in [-0.15, -0.1) is 0 Å². The molecule has 1 unspecified atom stereocenters. The normalized spacial score (nSPS) is 23.0. The van der Waals surface area contributed by atoms with Gasteiger partial charge in [-0.1, -0.05) is 6.08 Å². The van der Waals surface area contributed by atoms with E-state index >= 15 is 4.39 Å². The predicted molar refractivity (Wildman–Crippen MR) is 118 cm³/mol. The molecule has 3 aliphatic heterocycles. The Bertz CT molecular complexity index is 1440. The summed E-state index contributed by atoms with van der Waals surface area (Å²) < 4.78 is 74.0. The monoisotopic (exact) mass is 513 g/mol. The third kappa shape index (κ3) is 3.97. The van der Waals surface area contributed by atoms with E-state index in [1.165, 1.54) is 10.5 Å². The first kappa shape index (κ1) is 22.9. The van der Waals surface area contributed by atoms with Gasteiger partial charge in [0.25, 0.3) is 5.91 Å². The standard InChI is InChI=1S/C19H20FN5O7S2/c20-16-17-12(6-14(26)18(16)25-9-15(27)23-34(25,30)31)7-21-19(22-17)11-3-4-24(8-11)33(28,29)10-13-2-1-5-32-13/h3,6-7,13,26H,1-2,4-5,8-10H2,(H,23,27). The summed E-state index contributed by atoms with van der Waals surface area (Å²) in [7, 11) is -7.96. The van der Waals surface area contributed by atoms with Gasteiger partial charge in [-0.2, -0.15) is 12.7 Å². The van der Waals surface area contributed by atoms with Crippen LogP contribution in [0.4, 0.5) is 10.1 Å². The van der Waals surface area contributed by atoms with Crippen molar-refractivity contribution < 1.29 is 35.9 Å². The first-order valence-electron chi connectivity index (χ1n) is 10.4. The fourth-order valence-corrected chi connectivity index (χ4v) is 6.92. The fourth-order valence-electron chi connectivity index (χ4n) is 4.17. The van der Waals surface area contributed by atoms with E-state index in [9.17, 15) is 26.7 Å². The molecule has 1 aromatic carbocycles. The lowest BCUT2D eigenvalue weighted by Gasteiger charge is -2.19. The second-order valence-electron chi connectivity index (χ2n) is 8.16. The van der Waals surface area contributed by atoms with E-state index in [-0.39, 0.29) is 41.7 Å². The second kappa shape index (κ2) is 8.11. The molecule has 3 aliphatic rings.